The SMILES string of the molecule is CCOC(=O)c1cn([C@@H]2CCCC[C@H]2O)c2ccc(I)cc2c1=O. The summed E-state index contributed by atoms with van der Waals surface area (Å²) in [4.78, 5) is 24.9. The Morgan fingerprint density at radius 2 is 2.12 bits per heavy atom. The maximum Gasteiger partial charge on any atom is 0.343 e. The van der Waals surface area contributed by atoms with E-state index >= 15 is 0 Å². The van der Waals surface area contributed by atoms with Crippen LogP contribution in [-0.4, -0.2) is 28.4 Å². The lowest BCUT2D eigenvalue weighted by Crippen LogP contribution is -2.30. The van der Waals surface area contributed by atoms with Gasteiger partial charge in [-0.25, -0.2) is 4.79 Å². The van der Waals surface area contributed by atoms with Crippen LogP contribution in [0.5, 0.6) is 0 Å². The molecule has 0 amide bonds. The Hall–Kier alpha value is -1.41. The van der Waals surface area contributed by atoms with Gasteiger partial charge in [-0.1, -0.05) is 12.8 Å². The number of rotatable bonds is 3. The summed E-state index contributed by atoms with van der Waals surface area (Å²) in [7, 11) is 0. The minimum Gasteiger partial charge on any atom is -0.462 e. The molecule has 1 aliphatic carbocycles. The minimum atomic E-state index is -0.609. The average Bonchev–Trinajstić information content (AvgIpc) is 2.56. The van der Waals surface area contributed by atoms with E-state index in [0.29, 0.717) is 5.39 Å². The zero-order valence-corrected chi connectivity index (χ0v) is 15.7. The summed E-state index contributed by atoms with van der Waals surface area (Å²) in [6.07, 6.45) is 4.67. The Balaban J connectivity index is 2.25. The maximum atomic E-state index is 12.7. The normalized spacial score (nSPS) is 21.0. The highest BCUT2D eigenvalue weighted by Crippen LogP contribution is 2.31. The summed E-state index contributed by atoms with van der Waals surface area (Å²) >= 11 is 2.15. The van der Waals surface area contributed by atoms with Crippen molar-refractivity contribution in [1.29, 1.82) is 0 Å². The smallest absolute Gasteiger partial charge is 0.343 e. The fourth-order valence-electron chi connectivity index (χ4n) is 3.37. The zero-order valence-electron chi connectivity index (χ0n) is 13.5. The van der Waals surface area contributed by atoms with Crippen LogP contribution in [0.15, 0.2) is 29.2 Å². The highest BCUT2D eigenvalue weighted by molar-refractivity contribution is 14.1. The van der Waals surface area contributed by atoms with Crippen molar-refractivity contribution in [3.05, 3.63) is 43.8 Å². The summed E-state index contributed by atoms with van der Waals surface area (Å²) in [5.74, 6) is -0.609. The van der Waals surface area contributed by atoms with Gasteiger partial charge < -0.3 is 14.4 Å². The van der Waals surface area contributed by atoms with Crippen molar-refractivity contribution in [2.24, 2.45) is 0 Å². The Kier molecular flexibility index (Phi) is 5.24. The molecular formula is C18H20INO4. The number of nitrogens with zero attached hydrogens (tertiary/aromatic N) is 1. The van der Waals surface area contributed by atoms with Gasteiger partial charge in [-0.15, -0.1) is 0 Å². The van der Waals surface area contributed by atoms with Crippen LogP contribution in [0.4, 0.5) is 0 Å². The molecule has 3 rings (SSSR count). The van der Waals surface area contributed by atoms with E-state index in [0.717, 1.165) is 34.8 Å². The highest BCUT2D eigenvalue weighted by Gasteiger charge is 2.27. The number of hydrogen-bond donors (Lipinski definition) is 1. The first-order valence-electron chi connectivity index (χ1n) is 8.22. The van der Waals surface area contributed by atoms with Gasteiger partial charge in [0.15, 0.2) is 0 Å². The number of hydrogen-bond acceptors (Lipinski definition) is 4. The molecule has 1 N–H and O–H groups in total. The van der Waals surface area contributed by atoms with E-state index < -0.39 is 12.1 Å². The topological polar surface area (TPSA) is 68.5 Å². The number of fused-ring (bicyclic) bond motifs is 1. The van der Waals surface area contributed by atoms with E-state index in [1.807, 2.05) is 16.7 Å². The number of benzene rings is 1. The third-order valence-electron chi connectivity index (χ3n) is 4.54. The van der Waals surface area contributed by atoms with Gasteiger partial charge in [-0.3, -0.25) is 4.79 Å². The number of esters is 1. The Morgan fingerprint density at radius 1 is 1.38 bits per heavy atom. The third-order valence-corrected chi connectivity index (χ3v) is 5.21. The Morgan fingerprint density at radius 3 is 2.83 bits per heavy atom. The molecule has 1 saturated carbocycles. The van der Waals surface area contributed by atoms with Crippen LogP contribution >= 0.6 is 22.6 Å². The molecule has 1 fully saturated rings. The van der Waals surface area contributed by atoms with Crippen LogP contribution in [-0.2, 0) is 4.74 Å². The Labute approximate surface area is 153 Å². The van der Waals surface area contributed by atoms with E-state index in [4.69, 9.17) is 4.74 Å². The summed E-state index contributed by atoms with van der Waals surface area (Å²) in [5, 5.41) is 10.9. The van der Waals surface area contributed by atoms with Crippen molar-refractivity contribution >= 4 is 39.5 Å². The van der Waals surface area contributed by atoms with Crippen LogP contribution in [0.1, 0.15) is 49.0 Å². The lowest BCUT2D eigenvalue weighted by Gasteiger charge is -2.31. The van der Waals surface area contributed by atoms with Crippen molar-refractivity contribution < 1.29 is 14.6 Å². The van der Waals surface area contributed by atoms with E-state index in [1.165, 1.54) is 0 Å². The lowest BCUT2D eigenvalue weighted by atomic mass is 9.91. The van der Waals surface area contributed by atoms with Crippen LogP contribution in [0.25, 0.3) is 10.9 Å². The summed E-state index contributed by atoms with van der Waals surface area (Å²) in [6.45, 7) is 1.93. The van der Waals surface area contributed by atoms with E-state index in [2.05, 4.69) is 22.6 Å². The number of carbonyl (C=O) groups excluding carboxylic acids is 1. The molecule has 0 bridgehead atoms. The van der Waals surface area contributed by atoms with Crippen molar-refractivity contribution in [1.82, 2.24) is 4.57 Å². The van der Waals surface area contributed by atoms with Gasteiger partial charge in [0.05, 0.1) is 24.3 Å². The van der Waals surface area contributed by atoms with Crippen LogP contribution < -0.4 is 5.43 Å². The predicted molar refractivity (Wildman–Crippen MR) is 100 cm³/mol. The highest BCUT2D eigenvalue weighted by atomic mass is 127. The summed E-state index contributed by atoms with van der Waals surface area (Å²) in [5.41, 5.74) is 0.465. The molecule has 1 heterocycles. The van der Waals surface area contributed by atoms with Crippen molar-refractivity contribution in [2.45, 2.75) is 44.8 Å². The third kappa shape index (κ3) is 3.21. The molecule has 5 nitrogen and oxygen atoms in total. The molecule has 0 unspecified atom stereocenters. The largest absolute Gasteiger partial charge is 0.462 e. The monoisotopic (exact) mass is 441 g/mol. The maximum absolute atomic E-state index is 12.7. The van der Waals surface area contributed by atoms with Gasteiger partial charge in [-0.05, 0) is 60.6 Å². The first-order valence-corrected chi connectivity index (χ1v) is 9.30. The van der Waals surface area contributed by atoms with E-state index in [-0.39, 0.29) is 23.6 Å². The van der Waals surface area contributed by atoms with Gasteiger partial charge in [0.25, 0.3) is 0 Å². The van der Waals surface area contributed by atoms with Gasteiger partial charge in [-0.2, -0.15) is 0 Å². The van der Waals surface area contributed by atoms with Gasteiger partial charge >= 0.3 is 5.97 Å². The fraction of sp³-hybridized carbons (Fsp3) is 0.444. The second-order valence-electron chi connectivity index (χ2n) is 6.08. The first-order chi connectivity index (χ1) is 11.5. The molecule has 128 valence electrons. The Bertz CT molecular complexity index is 830. The van der Waals surface area contributed by atoms with Crippen LogP contribution in [0, 0.1) is 3.57 Å². The number of aliphatic hydroxyl groups is 1. The standard InChI is InChI=1S/C18H20INO4/c1-2-24-18(23)13-10-20(15-5-3-4-6-16(15)21)14-8-7-11(19)9-12(14)17(13)22/h7-10,15-16,21H,2-6H2,1H3/t15-,16-/m1/s1. The molecule has 2 atom stereocenters. The number of aliphatic hydroxyl groups excluding tert-OH is 1. The molecule has 1 aromatic carbocycles. The van der Waals surface area contributed by atoms with E-state index in [1.54, 1.807) is 19.2 Å². The average molecular weight is 441 g/mol. The summed E-state index contributed by atoms with van der Waals surface area (Å²) in [6, 6.07) is 5.47. The van der Waals surface area contributed by atoms with Gasteiger partial charge in [0.1, 0.15) is 5.56 Å². The second kappa shape index (κ2) is 7.23. The van der Waals surface area contributed by atoms with Crippen LogP contribution in [0.3, 0.4) is 0 Å². The van der Waals surface area contributed by atoms with Crippen molar-refractivity contribution in [3.8, 4) is 0 Å². The number of pyridine rings is 1. The predicted octanol–water partition coefficient (Wildman–Crippen LogP) is 3.26. The molecule has 0 aliphatic heterocycles. The molecule has 0 saturated heterocycles. The number of halogens is 1. The first kappa shape index (κ1) is 17.4. The van der Waals surface area contributed by atoms with Crippen molar-refractivity contribution in [2.75, 3.05) is 6.61 Å². The summed E-state index contributed by atoms with van der Waals surface area (Å²) < 4.78 is 7.86. The van der Waals surface area contributed by atoms with Crippen LogP contribution in [0.2, 0.25) is 0 Å². The molecular weight excluding hydrogens is 421 g/mol. The molecule has 24 heavy (non-hydrogen) atoms. The number of aromatic nitrogens is 1. The molecule has 6 heteroatoms. The number of ether oxygens (including phenoxy) is 1. The van der Waals surface area contributed by atoms with Crippen molar-refractivity contribution in [3.63, 3.8) is 0 Å². The van der Waals surface area contributed by atoms with E-state index in [9.17, 15) is 14.7 Å². The minimum absolute atomic E-state index is 0.0316. The molecule has 0 spiro atoms. The fourth-order valence-corrected chi connectivity index (χ4v) is 3.86. The molecule has 2 aromatic rings. The quantitative estimate of drug-likeness (QED) is 0.587. The van der Waals surface area contributed by atoms with Gasteiger partial charge in [0, 0.05) is 15.2 Å². The second-order valence-corrected chi connectivity index (χ2v) is 7.33. The molecule has 0 radical (unpaired) electrons. The molecule has 1 aliphatic rings. The van der Waals surface area contributed by atoms with Gasteiger partial charge in [0.2, 0.25) is 5.43 Å². The number of carbonyl (C=O) groups is 1. The lowest BCUT2D eigenvalue weighted by molar-refractivity contribution is 0.0519. The molecule has 1 aromatic heterocycles. The zero-order chi connectivity index (χ0) is 17.3.